The SMILES string of the molecule is CC(C)(C)[C@H](N)C(=O)Nc1cccc(CS(=O)Cc2ccccc2)c1. The molecule has 1 amide bonds. The topological polar surface area (TPSA) is 72.2 Å². The maximum Gasteiger partial charge on any atom is 0.241 e. The summed E-state index contributed by atoms with van der Waals surface area (Å²) in [5.74, 6) is 0.756. The number of anilines is 1. The molecular weight excluding hydrogens is 332 g/mol. The minimum atomic E-state index is -1.00. The molecule has 0 radical (unpaired) electrons. The third-order valence-corrected chi connectivity index (χ3v) is 5.22. The molecule has 3 N–H and O–H groups in total. The van der Waals surface area contributed by atoms with Crippen LogP contribution in [-0.4, -0.2) is 16.2 Å². The lowest BCUT2D eigenvalue weighted by atomic mass is 9.87. The van der Waals surface area contributed by atoms with Crippen LogP contribution < -0.4 is 11.1 Å². The van der Waals surface area contributed by atoms with Crippen molar-refractivity contribution >= 4 is 22.4 Å². The van der Waals surface area contributed by atoms with Gasteiger partial charge in [0.05, 0.1) is 6.04 Å². The highest BCUT2D eigenvalue weighted by atomic mass is 32.2. The second-order valence-electron chi connectivity index (χ2n) is 7.25. The normalized spacial score (nSPS) is 13.9. The standard InChI is InChI=1S/C20H26N2O2S/c1-20(2,3)18(21)19(23)22-17-11-7-10-16(12-17)14-25(24)13-15-8-5-4-6-9-15/h4-12,18H,13-14,21H2,1-3H3,(H,22,23)/t18-,25?/m1/s1. The van der Waals surface area contributed by atoms with Gasteiger partial charge in [0, 0.05) is 28.0 Å². The van der Waals surface area contributed by atoms with Crippen LogP contribution in [0.4, 0.5) is 5.69 Å². The van der Waals surface area contributed by atoms with Gasteiger partial charge in [0.15, 0.2) is 0 Å². The van der Waals surface area contributed by atoms with E-state index >= 15 is 0 Å². The van der Waals surface area contributed by atoms with Crippen molar-refractivity contribution in [2.24, 2.45) is 11.1 Å². The molecule has 0 aliphatic heterocycles. The first-order valence-electron chi connectivity index (χ1n) is 8.30. The van der Waals surface area contributed by atoms with Crippen molar-refractivity contribution < 1.29 is 9.00 Å². The molecule has 0 aliphatic rings. The summed E-state index contributed by atoms with van der Waals surface area (Å²) in [4.78, 5) is 12.2. The molecule has 25 heavy (non-hydrogen) atoms. The lowest BCUT2D eigenvalue weighted by Crippen LogP contribution is -2.45. The van der Waals surface area contributed by atoms with Gasteiger partial charge in [-0.05, 0) is 28.7 Å². The molecule has 0 heterocycles. The summed E-state index contributed by atoms with van der Waals surface area (Å²) in [7, 11) is -1.00. The van der Waals surface area contributed by atoms with E-state index in [2.05, 4.69) is 5.32 Å². The molecule has 2 rings (SSSR count). The van der Waals surface area contributed by atoms with Gasteiger partial charge < -0.3 is 11.1 Å². The number of hydrogen-bond acceptors (Lipinski definition) is 3. The summed E-state index contributed by atoms with van der Waals surface area (Å²) < 4.78 is 12.4. The third kappa shape index (κ3) is 6.11. The van der Waals surface area contributed by atoms with E-state index in [1.807, 2.05) is 75.4 Å². The Kier molecular flexibility index (Phi) is 6.51. The molecular formula is C20H26N2O2S. The molecule has 0 aliphatic carbocycles. The number of rotatable bonds is 6. The summed E-state index contributed by atoms with van der Waals surface area (Å²) in [6.45, 7) is 5.79. The molecule has 0 saturated heterocycles. The molecule has 5 heteroatoms. The van der Waals surface area contributed by atoms with Gasteiger partial charge in [-0.3, -0.25) is 9.00 Å². The second-order valence-corrected chi connectivity index (χ2v) is 8.70. The Hall–Kier alpha value is -1.98. The molecule has 0 saturated carbocycles. The maximum atomic E-state index is 12.4. The van der Waals surface area contributed by atoms with Crippen LogP contribution in [0.1, 0.15) is 31.9 Å². The lowest BCUT2D eigenvalue weighted by molar-refractivity contribution is -0.119. The van der Waals surface area contributed by atoms with Gasteiger partial charge >= 0.3 is 0 Å². The van der Waals surface area contributed by atoms with Crippen LogP contribution in [0.15, 0.2) is 54.6 Å². The minimum absolute atomic E-state index is 0.213. The first-order chi connectivity index (χ1) is 11.8. The van der Waals surface area contributed by atoms with Gasteiger partial charge in [0.25, 0.3) is 0 Å². The lowest BCUT2D eigenvalue weighted by Gasteiger charge is -2.25. The van der Waals surface area contributed by atoms with Crippen molar-refractivity contribution in [1.82, 2.24) is 0 Å². The fraction of sp³-hybridized carbons (Fsp3) is 0.350. The molecule has 134 valence electrons. The number of carbonyl (C=O) groups excluding carboxylic acids is 1. The van der Waals surface area contributed by atoms with Crippen molar-refractivity contribution in [1.29, 1.82) is 0 Å². The van der Waals surface area contributed by atoms with Crippen LogP contribution in [0.5, 0.6) is 0 Å². The molecule has 0 spiro atoms. The zero-order chi connectivity index (χ0) is 18.4. The highest BCUT2D eigenvalue weighted by Crippen LogP contribution is 2.20. The minimum Gasteiger partial charge on any atom is -0.325 e. The largest absolute Gasteiger partial charge is 0.325 e. The van der Waals surface area contributed by atoms with Crippen molar-refractivity contribution in [2.45, 2.75) is 38.3 Å². The highest BCUT2D eigenvalue weighted by molar-refractivity contribution is 7.83. The van der Waals surface area contributed by atoms with E-state index in [4.69, 9.17) is 5.73 Å². The van der Waals surface area contributed by atoms with Crippen molar-refractivity contribution in [3.8, 4) is 0 Å². The molecule has 1 unspecified atom stereocenters. The predicted molar refractivity (Wildman–Crippen MR) is 104 cm³/mol. The summed E-state index contributed by atoms with van der Waals surface area (Å²) >= 11 is 0. The number of carbonyl (C=O) groups is 1. The number of amides is 1. The van der Waals surface area contributed by atoms with Crippen LogP contribution in [0.25, 0.3) is 0 Å². The Labute approximate surface area is 152 Å². The van der Waals surface area contributed by atoms with Crippen molar-refractivity contribution in [3.63, 3.8) is 0 Å². The third-order valence-electron chi connectivity index (χ3n) is 3.91. The van der Waals surface area contributed by atoms with E-state index in [9.17, 15) is 9.00 Å². The Bertz CT molecular complexity index is 739. The Morgan fingerprint density at radius 1 is 1.04 bits per heavy atom. The van der Waals surface area contributed by atoms with E-state index < -0.39 is 16.8 Å². The number of benzene rings is 2. The Balaban J connectivity index is 1.99. The summed E-state index contributed by atoms with van der Waals surface area (Å²) in [5, 5.41) is 2.85. The number of nitrogens with one attached hydrogen (secondary N) is 1. The van der Waals surface area contributed by atoms with Crippen LogP contribution in [0.3, 0.4) is 0 Å². The van der Waals surface area contributed by atoms with Crippen LogP contribution >= 0.6 is 0 Å². The molecule has 0 aromatic heterocycles. The molecule has 2 aromatic carbocycles. The fourth-order valence-electron chi connectivity index (χ4n) is 2.35. The molecule has 4 nitrogen and oxygen atoms in total. The van der Waals surface area contributed by atoms with Crippen LogP contribution in [0, 0.1) is 5.41 Å². The average Bonchev–Trinajstić information content (AvgIpc) is 2.54. The van der Waals surface area contributed by atoms with Gasteiger partial charge in [-0.25, -0.2) is 0 Å². The van der Waals surface area contributed by atoms with Crippen LogP contribution in [0.2, 0.25) is 0 Å². The second kappa shape index (κ2) is 8.41. The van der Waals surface area contributed by atoms with Gasteiger partial charge in [-0.15, -0.1) is 0 Å². The van der Waals surface area contributed by atoms with E-state index in [0.29, 0.717) is 17.2 Å². The number of hydrogen-bond donors (Lipinski definition) is 2. The van der Waals surface area contributed by atoms with E-state index in [1.165, 1.54) is 0 Å². The molecule has 0 fully saturated rings. The van der Waals surface area contributed by atoms with Gasteiger partial charge in [0.2, 0.25) is 5.91 Å². The average molecular weight is 359 g/mol. The molecule has 2 atom stereocenters. The zero-order valence-corrected chi connectivity index (χ0v) is 15.8. The number of nitrogens with two attached hydrogens (primary N) is 1. The van der Waals surface area contributed by atoms with Crippen molar-refractivity contribution in [2.75, 3.05) is 5.32 Å². The summed E-state index contributed by atoms with van der Waals surface area (Å²) in [6, 6.07) is 16.6. The van der Waals surface area contributed by atoms with Gasteiger partial charge in [0.1, 0.15) is 0 Å². The first kappa shape index (κ1) is 19.3. The smallest absolute Gasteiger partial charge is 0.241 e. The van der Waals surface area contributed by atoms with E-state index in [1.54, 1.807) is 0 Å². The fourth-order valence-corrected chi connectivity index (χ4v) is 3.57. The van der Waals surface area contributed by atoms with Crippen molar-refractivity contribution in [3.05, 3.63) is 65.7 Å². The quantitative estimate of drug-likeness (QED) is 0.831. The Morgan fingerprint density at radius 2 is 1.64 bits per heavy atom. The zero-order valence-electron chi connectivity index (χ0n) is 15.0. The maximum absolute atomic E-state index is 12.4. The predicted octanol–water partition coefficient (Wildman–Crippen LogP) is 3.45. The Morgan fingerprint density at radius 3 is 2.28 bits per heavy atom. The van der Waals surface area contributed by atoms with Gasteiger partial charge in [-0.2, -0.15) is 0 Å². The summed E-state index contributed by atoms with van der Waals surface area (Å²) in [5.41, 5.74) is 8.34. The van der Waals surface area contributed by atoms with Crippen LogP contribution in [-0.2, 0) is 27.1 Å². The van der Waals surface area contributed by atoms with E-state index in [0.717, 1.165) is 11.1 Å². The van der Waals surface area contributed by atoms with E-state index in [-0.39, 0.29) is 11.3 Å². The first-order valence-corrected chi connectivity index (χ1v) is 9.79. The molecule has 0 bridgehead atoms. The monoisotopic (exact) mass is 358 g/mol. The van der Waals surface area contributed by atoms with Gasteiger partial charge in [-0.1, -0.05) is 63.2 Å². The highest BCUT2D eigenvalue weighted by Gasteiger charge is 2.27. The summed E-state index contributed by atoms with van der Waals surface area (Å²) in [6.07, 6.45) is 0. The molecule has 2 aromatic rings.